The van der Waals surface area contributed by atoms with Gasteiger partial charge in [-0.3, -0.25) is 0 Å². The summed E-state index contributed by atoms with van der Waals surface area (Å²) in [7, 11) is 0. The fraction of sp³-hybridized carbons (Fsp3) is 0.176. The maximum atomic E-state index is 13.9. The van der Waals surface area contributed by atoms with Crippen molar-refractivity contribution in [2.45, 2.75) is 20.8 Å². The second-order valence-corrected chi connectivity index (χ2v) is 5.72. The lowest BCUT2D eigenvalue weighted by molar-refractivity contribution is 0.0700. The van der Waals surface area contributed by atoms with Gasteiger partial charge in [0.1, 0.15) is 27.0 Å². The van der Waals surface area contributed by atoms with E-state index in [0.717, 1.165) is 29.2 Å². The molecule has 0 aliphatic heterocycles. The molecule has 2 heterocycles. The number of carbonyl (C=O) groups is 1. The molecule has 0 fully saturated rings. The van der Waals surface area contributed by atoms with Crippen molar-refractivity contribution in [2.24, 2.45) is 0 Å². The monoisotopic (exact) mass is 350 g/mol. The number of nitrogens with zero attached hydrogens (tertiary/aromatic N) is 1. The number of anilines is 2. The molecule has 0 unspecified atom stereocenters. The van der Waals surface area contributed by atoms with Gasteiger partial charge in [0.2, 0.25) is 0 Å². The Morgan fingerprint density at radius 1 is 1.25 bits per heavy atom. The zero-order valence-electron chi connectivity index (χ0n) is 13.4. The van der Waals surface area contributed by atoms with E-state index in [0.29, 0.717) is 4.83 Å². The molecular weight excluding hydrogens is 334 g/mol. The van der Waals surface area contributed by atoms with Crippen LogP contribution in [0.5, 0.6) is 0 Å². The molecule has 7 heteroatoms. The highest BCUT2D eigenvalue weighted by atomic mass is 32.1. The minimum Gasteiger partial charge on any atom is -0.478 e. The molecule has 0 aliphatic rings. The van der Waals surface area contributed by atoms with Crippen molar-refractivity contribution >= 4 is 38.2 Å². The summed E-state index contributed by atoms with van der Waals surface area (Å²) in [5.74, 6) is -2.34. The first-order valence-corrected chi connectivity index (χ1v) is 8.12. The maximum Gasteiger partial charge on any atom is 0.339 e. The van der Waals surface area contributed by atoms with E-state index in [1.54, 1.807) is 13.0 Å². The number of halogens is 2. The van der Waals surface area contributed by atoms with Gasteiger partial charge in [0.25, 0.3) is 0 Å². The fourth-order valence-electron chi connectivity index (χ4n) is 2.10. The van der Waals surface area contributed by atoms with Gasteiger partial charge in [-0.1, -0.05) is 31.3 Å². The van der Waals surface area contributed by atoms with Gasteiger partial charge in [-0.2, -0.15) is 0 Å². The van der Waals surface area contributed by atoms with E-state index in [-0.39, 0.29) is 21.6 Å². The standard InChI is InChI=1S/C15H10F2N2O2S.C2H6/c1-7-2-3-11(10(17)4-7)19-14-12(15(20)21)9-5-8(16)6-18-13(9)22-14;1-2/h2-6,19H,1H3,(H,20,21);1-2H3. The number of fused-ring (bicyclic) bond motifs is 1. The molecule has 126 valence electrons. The van der Waals surface area contributed by atoms with Gasteiger partial charge in [0.15, 0.2) is 0 Å². The third kappa shape index (κ3) is 3.51. The zero-order valence-corrected chi connectivity index (χ0v) is 14.2. The van der Waals surface area contributed by atoms with Crippen molar-refractivity contribution < 1.29 is 18.7 Å². The van der Waals surface area contributed by atoms with Gasteiger partial charge in [-0.15, -0.1) is 0 Å². The van der Waals surface area contributed by atoms with Gasteiger partial charge < -0.3 is 10.4 Å². The number of benzene rings is 1. The van der Waals surface area contributed by atoms with Crippen molar-refractivity contribution in [3.05, 3.63) is 53.2 Å². The molecule has 0 radical (unpaired) electrons. The summed E-state index contributed by atoms with van der Waals surface area (Å²) in [6.07, 6.45) is 1.01. The van der Waals surface area contributed by atoms with Crippen LogP contribution in [0.1, 0.15) is 29.8 Å². The molecule has 0 spiro atoms. The van der Waals surface area contributed by atoms with Crippen LogP contribution in [0.4, 0.5) is 19.5 Å². The van der Waals surface area contributed by atoms with Gasteiger partial charge in [0.05, 0.1) is 11.9 Å². The third-order valence-electron chi connectivity index (χ3n) is 3.10. The van der Waals surface area contributed by atoms with Crippen molar-refractivity contribution in [3.8, 4) is 0 Å². The normalized spacial score (nSPS) is 10.2. The van der Waals surface area contributed by atoms with Gasteiger partial charge >= 0.3 is 5.97 Å². The minimum atomic E-state index is -1.23. The lowest BCUT2D eigenvalue weighted by Gasteiger charge is -2.07. The van der Waals surface area contributed by atoms with Crippen LogP contribution in [0, 0.1) is 18.6 Å². The number of thiophene rings is 1. The van der Waals surface area contributed by atoms with E-state index < -0.39 is 17.6 Å². The van der Waals surface area contributed by atoms with Gasteiger partial charge in [-0.25, -0.2) is 18.6 Å². The summed E-state index contributed by atoms with van der Waals surface area (Å²) in [4.78, 5) is 15.7. The van der Waals surface area contributed by atoms with Crippen LogP contribution >= 0.6 is 11.3 Å². The Morgan fingerprint density at radius 2 is 1.96 bits per heavy atom. The zero-order chi connectivity index (χ0) is 17.9. The Bertz CT molecular complexity index is 894. The molecule has 0 amide bonds. The number of pyridine rings is 1. The number of carboxylic acids is 1. The molecule has 0 bridgehead atoms. The van der Waals surface area contributed by atoms with E-state index in [1.807, 2.05) is 13.8 Å². The molecule has 24 heavy (non-hydrogen) atoms. The minimum absolute atomic E-state index is 0.119. The average molecular weight is 350 g/mol. The summed E-state index contributed by atoms with van der Waals surface area (Å²) in [6.45, 7) is 5.75. The quantitative estimate of drug-likeness (QED) is 0.668. The Morgan fingerprint density at radius 3 is 2.58 bits per heavy atom. The number of nitrogens with one attached hydrogen (secondary N) is 1. The first-order valence-electron chi connectivity index (χ1n) is 7.30. The highest BCUT2D eigenvalue weighted by Gasteiger charge is 2.20. The molecule has 0 aliphatic carbocycles. The van der Waals surface area contributed by atoms with Crippen LogP contribution in [0.3, 0.4) is 0 Å². The topological polar surface area (TPSA) is 62.2 Å². The Labute approximate surface area is 141 Å². The van der Waals surface area contributed by atoms with Crippen LogP contribution in [0.15, 0.2) is 30.5 Å². The molecule has 3 rings (SSSR count). The number of hydrogen-bond donors (Lipinski definition) is 2. The van der Waals surface area contributed by atoms with E-state index in [1.165, 1.54) is 12.1 Å². The first kappa shape index (κ1) is 17.8. The molecule has 0 saturated carbocycles. The van der Waals surface area contributed by atoms with Crippen LogP contribution < -0.4 is 5.32 Å². The number of carboxylic acid groups (broad SMARTS) is 1. The molecular formula is C17H16F2N2O2S. The lowest BCUT2D eigenvalue weighted by atomic mass is 10.2. The van der Waals surface area contributed by atoms with Crippen LogP contribution in [-0.4, -0.2) is 16.1 Å². The molecule has 4 nitrogen and oxygen atoms in total. The molecule has 0 saturated heterocycles. The molecule has 1 aromatic carbocycles. The number of aryl methyl sites for hydroxylation is 1. The summed E-state index contributed by atoms with van der Waals surface area (Å²) in [6, 6.07) is 5.68. The predicted octanol–water partition coefficient (Wildman–Crippen LogP) is 5.35. The summed E-state index contributed by atoms with van der Waals surface area (Å²) in [5, 5.41) is 12.5. The fourth-order valence-corrected chi connectivity index (χ4v) is 3.13. The van der Waals surface area contributed by atoms with Crippen molar-refractivity contribution in [1.82, 2.24) is 4.98 Å². The highest BCUT2D eigenvalue weighted by Crippen LogP contribution is 2.37. The van der Waals surface area contributed by atoms with Crippen LogP contribution in [0.2, 0.25) is 0 Å². The Hall–Kier alpha value is -2.54. The smallest absolute Gasteiger partial charge is 0.339 e. The van der Waals surface area contributed by atoms with E-state index in [4.69, 9.17) is 0 Å². The van der Waals surface area contributed by atoms with Gasteiger partial charge in [-0.05, 0) is 30.7 Å². The van der Waals surface area contributed by atoms with Crippen molar-refractivity contribution in [1.29, 1.82) is 0 Å². The van der Waals surface area contributed by atoms with E-state index >= 15 is 0 Å². The molecule has 2 N–H and O–H groups in total. The van der Waals surface area contributed by atoms with Crippen LogP contribution in [-0.2, 0) is 0 Å². The summed E-state index contributed by atoms with van der Waals surface area (Å²) in [5.41, 5.74) is 0.786. The third-order valence-corrected chi connectivity index (χ3v) is 4.13. The molecule has 0 atom stereocenters. The second-order valence-electron chi connectivity index (χ2n) is 4.73. The second kappa shape index (κ2) is 7.35. The average Bonchev–Trinajstić information content (AvgIpc) is 2.89. The SMILES string of the molecule is CC.Cc1ccc(Nc2sc3ncc(F)cc3c2C(=O)O)c(F)c1. The van der Waals surface area contributed by atoms with Crippen molar-refractivity contribution in [2.75, 3.05) is 5.32 Å². The van der Waals surface area contributed by atoms with E-state index in [2.05, 4.69) is 10.3 Å². The summed E-state index contributed by atoms with van der Waals surface area (Å²) < 4.78 is 27.2. The molecule has 3 aromatic rings. The van der Waals surface area contributed by atoms with E-state index in [9.17, 15) is 18.7 Å². The predicted molar refractivity (Wildman–Crippen MR) is 92.3 cm³/mol. The molecule has 2 aromatic heterocycles. The van der Waals surface area contributed by atoms with Crippen molar-refractivity contribution in [3.63, 3.8) is 0 Å². The lowest BCUT2D eigenvalue weighted by Crippen LogP contribution is -2.01. The number of aromatic nitrogens is 1. The number of rotatable bonds is 3. The number of hydrogen-bond acceptors (Lipinski definition) is 4. The van der Waals surface area contributed by atoms with Crippen LogP contribution in [0.25, 0.3) is 10.2 Å². The number of aromatic carboxylic acids is 1. The maximum absolute atomic E-state index is 13.9. The Balaban J connectivity index is 0.00000100. The first-order chi connectivity index (χ1) is 11.5. The summed E-state index contributed by atoms with van der Waals surface area (Å²) >= 11 is 1.03. The largest absolute Gasteiger partial charge is 0.478 e. The highest BCUT2D eigenvalue weighted by molar-refractivity contribution is 7.23. The Kier molecular flexibility index (Phi) is 5.46. The van der Waals surface area contributed by atoms with Gasteiger partial charge in [0, 0.05) is 5.39 Å².